The van der Waals surface area contributed by atoms with Crippen molar-refractivity contribution in [3.05, 3.63) is 65.0 Å². The number of carbonyl (C=O) groups is 2. The molecule has 0 bridgehead atoms. The molecule has 8 nitrogen and oxygen atoms in total. The molecule has 4 rings (SSSR count). The number of Topliss-reactive ketones (excluding diaryl/α,β-unsaturated/α-hetero) is 1. The molecular weight excluding hydrogens is 480 g/mol. The SMILES string of the molecule is COc1ccc(Nc2cc(-n3cc(C)c4c3CC(C)(C)CC4=O)ccc2C(N)=O)cc1OCCCN(C)C. The van der Waals surface area contributed by atoms with Crippen LogP contribution in [0.4, 0.5) is 11.4 Å². The lowest BCUT2D eigenvalue weighted by Gasteiger charge is -2.30. The number of nitrogens with two attached hydrogens (primary N) is 1. The molecule has 0 radical (unpaired) electrons. The summed E-state index contributed by atoms with van der Waals surface area (Å²) in [6, 6.07) is 11.0. The molecule has 1 aliphatic rings. The topological polar surface area (TPSA) is 98.8 Å². The van der Waals surface area contributed by atoms with E-state index >= 15 is 0 Å². The number of carbonyl (C=O) groups excluding carboxylic acids is 2. The van der Waals surface area contributed by atoms with Crippen LogP contribution in [-0.2, 0) is 6.42 Å². The van der Waals surface area contributed by atoms with Crippen LogP contribution in [0.15, 0.2) is 42.6 Å². The number of nitrogens with one attached hydrogen (secondary N) is 1. The highest BCUT2D eigenvalue weighted by atomic mass is 16.5. The molecular formula is C30H38N4O4. The molecule has 3 N–H and O–H groups in total. The van der Waals surface area contributed by atoms with Crippen molar-refractivity contribution in [1.82, 2.24) is 9.47 Å². The third-order valence-corrected chi connectivity index (χ3v) is 6.86. The van der Waals surface area contributed by atoms with E-state index in [1.54, 1.807) is 13.2 Å². The second kappa shape index (κ2) is 10.9. The molecule has 38 heavy (non-hydrogen) atoms. The van der Waals surface area contributed by atoms with Gasteiger partial charge in [-0.3, -0.25) is 9.59 Å². The lowest BCUT2D eigenvalue weighted by molar-refractivity contribution is 0.0909. The Morgan fingerprint density at radius 1 is 1.13 bits per heavy atom. The van der Waals surface area contributed by atoms with Gasteiger partial charge in [0.15, 0.2) is 17.3 Å². The second-order valence-corrected chi connectivity index (χ2v) is 11.0. The summed E-state index contributed by atoms with van der Waals surface area (Å²) in [6.07, 6.45) is 4.20. The maximum atomic E-state index is 12.9. The van der Waals surface area contributed by atoms with Gasteiger partial charge in [0, 0.05) is 47.9 Å². The zero-order valence-electron chi connectivity index (χ0n) is 23.2. The summed E-state index contributed by atoms with van der Waals surface area (Å²) in [6.45, 7) is 7.68. The molecule has 1 aromatic heterocycles. The van der Waals surface area contributed by atoms with E-state index in [1.807, 2.05) is 57.5 Å². The van der Waals surface area contributed by atoms with Gasteiger partial charge in [-0.15, -0.1) is 0 Å². The van der Waals surface area contributed by atoms with E-state index < -0.39 is 5.91 Å². The highest BCUT2D eigenvalue weighted by molar-refractivity contribution is 6.01. The minimum Gasteiger partial charge on any atom is -0.493 e. The number of ketones is 1. The molecule has 0 fully saturated rings. The van der Waals surface area contributed by atoms with Gasteiger partial charge in [0.2, 0.25) is 0 Å². The minimum absolute atomic E-state index is 0.118. The number of ether oxygens (including phenoxy) is 2. The zero-order chi connectivity index (χ0) is 27.6. The van der Waals surface area contributed by atoms with E-state index in [-0.39, 0.29) is 11.2 Å². The molecule has 1 heterocycles. The highest BCUT2D eigenvalue weighted by Gasteiger charge is 2.34. The Morgan fingerprint density at radius 3 is 2.58 bits per heavy atom. The predicted octanol–water partition coefficient (Wildman–Crippen LogP) is 5.12. The van der Waals surface area contributed by atoms with E-state index in [0.29, 0.717) is 35.8 Å². The van der Waals surface area contributed by atoms with Crippen LogP contribution in [0.5, 0.6) is 11.5 Å². The van der Waals surface area contributed by atoms with Crippen LogP contribution in [-0.4, -0.2) is 55.5 Å². The first kappa shape index (κ1) is 27.3. The quantitative estimate of drug-likeness (QED) is 0.362. The Kier molecular flexibility index (Phi) is 7.83. The summed E-state index contributed by atoms with van der Waals surface area (Å²) in [7, 11) is 5.66. The second-order valence-electron chi connectivity index (χ2n) is 11.0. The lowest BCUT2D eigenvalue weighted by Crippen LogP contribution is -2.28. The molecule has 0 saturated heterocycles. The largest absolute Gasteiger partial charge is 0.493 e. The Bertz CT molecular complexity index is 1360. The first-order valence-corrected chi connectivity index (χ1v) is 12.9. The molecule has 0 atom stereocenters. The number of aromatic nitrogens is 1. The fourth-order valence-corrected chi connectivity index (χ4v) is 5.09. The number of rotatable bonds is 10. The van der Waals surface area contributed by atoms with Gasteiger partial charge < -0.3 is 30.0 Å². The van der Waals surface area contributed by atoms with Crippen molar-refractivity contribution in [3.8, 4) is 17.2 Å². The van der Waals surface area contributed by atoms with Crippen molar-refractivity contribution >= 4 is 23.1 Å². The lowest BCUT2D eigenvalue weighted by atomic mass is 9.75. The summed E-state index contributed by atoms with van der Waals surface area (Å²) >= 11 is 0. The Balaban J connectivity index is 1.68. The Hall–Kier alpha value is -3.78. The van der Waals surface area contributed by atoms with Crippen LogP contribution in [0.3, 0.4) is 0 Å². The van der Waals surface area contributed by atoms with Crippen molar-refractivity contribution in [2.24, 2.45) is 11.1 Å². The van der Waals surface area contributed by atoms with E-state index in [2.05, 4.69) is 28.6 Å². The number of amides is 1. The van der Waals surface area contributed by atoms with Gasteiger partial charge in [-0.25, -0.2) is 0 Å². The molecule has 3 aromatic rings. The van der Waals surface area contributed by atoms with Crippen LogP contribution in [0.1, 0.15) is 58.7 Å². The third kappa shape index (κ3) is 5.86. The van der Waals surface area contributed by atoms with E-state index in [0.717, 1.165) is 47.6 Å². The van der Waals surface area contributed by atoms with E-state index in [9.17, 15) is 9.59 Å². The van der Waals surface area contributed by atoms with Gasteiger partial charge in [0.25, 0.3) is 5.91 Å². The highest BCUT2D eigenvalue weighted by Crippen LogP contribution is 2.39. The number of aryl methyl sites for hydroxylation is 1. The molecule has 0 saturated carbocycles. The van der Waals surface area contributed by atoms with Gasteiger partial charge >= 0.3 is 0 Å². The van der Waals surface area contributed by atoms with Crippen LogP contribution < -0.4 is 20.5 Å². The normalized spacial score (nSPS) is 14.3. The van der Waals surface area contributed by atoms with Gasteiger partial charge in [-0.1, -0.05) is 13.8 Å². The number of nitrogens with zero attached hydrogens (tertiary/aromatic N) is 2. The van der Waals surface area contributed by atoms with Crippen molar-refractivity contribution in [2.45, 2.75) is 40.0 Å². The molecule has 0 unspecified atom stereocenters. The first-order valence-electron chi connectivity index (χ1n) is 12.9. The monoisotopic (exact) mass is 518 g/mol. The third-order valence-electron chi connectivity index (χ3n) is 6.86. The Labute approximate surface area is 224 Å². The van der Waals surface area contributed by atoms with Crippen LogP contribution in [0, 0.1) is 12.3 Å². The molecule has 1 aliphatic carbocycles. The van der Waals surface area contributed by atoms with Crippen molar-refractivity contribution in [3.63, 3.8) is 0 Å². The number of benzene rings is 2. The van der Waals surface area contributed by atoms with Crippen molar-refractivity contribution in [2.75, 3.05) is 39.7 Å². The predicted molar refractivity (Wildman–Crippen MR) is 150 cm³/mol. The molecule has 202 valence electrons. The fraction of sp³-hybridized carbons (Fsp3) is 0.400. The number of hydrogen-bond donors (Lipinski definition) is 2. The van der Waals surface area contributed by atoms with Crippen molar-refractivity contribution < 1.29 is 19.1 Å². The van der Waals surface area contributed by atoms with Gasteiger partial charge in [-0.05, 0) is 75.2 Å². The Morgan fingerprint density at radius 2 is 1.89 bits per heavy atom. The maximum absolute atomic E-state index is 12.9. The van der Waals surface area contributed by atoms with Crippen LogP contribution in [0.2, 0.25) is 0 Å². The van der Waals surface area contributed by atoms with Crippen molar-refractivity contribution in [1.29, 1.82) is 0 Å². The number of methoxy groups -OCH3 is 1. The van der Waals surface area contributed by atoms with Crippen LogP contribution in [0.25, 0.3) is 5.69 Å². The molecule has 2 aromatic carbocycles. The molecule has 0 aliphatic heterocycles. The summed E-state index contributed by atoms with van der Waals surface area (Å²) in [5.41, 5.74) is 10.9. The molecule has 8 heteroatoms. The minimum atomic E-state index is -0.533. The number of fused-ring (bicyclic) bond motifs is 1. The van der Waals surface area contributed by atoms with Gasteiger partial charge in [0.05, 0.1) is 25.0 Å². The number of hydrogen-bond acceptors (Lipinski definition) is 6. The smallest absolute Gasteiger partial charge is 0.250 e. The molecule has 1 amide bonds. The van der Waals surface area contributed by atoms with Gasteiger partial charge in [-0.2, -0.15) is 0 Å². The number of primary amides is 1. The summed E-state index contributed by atoms with van der Waals surface area (Å²) in [5, 5.41) is 3.35. The average molecular weight is 519 g/mol. The first-order chi connectivity index (χ1) is 18.0. The fourth-order valence-electron chi connectivity index (χ4n) is 5.09. The van der Waals surface area contributed by atoms with Gasteiger partial charge in [0.1, 0.15) is 0 Å². The summed E-state index contributed by atoms with van der Waals surface area (Å²) in [5.74, 6) is 0.889. The average Bonchev–Trinajstić information content (AvgIpc) is 3.16. The standard InChI is InChI=1S/C30H38N4O4/c1-19-18-34(24-16-30(2,3)17-25(35)28(19)24)21-9-10-22(29(31)36)23(15-21)32-20-8-11-26(37-6)27(14-20)38-13-7-12-33(4)5/h8-11,14-15,18,32H,7,12-13,16-17H2,1-6H3,(H2,31,36). The molecule has 0 spiro atoms. The summed E-state index contributed by atoms with van der Waals surface area (Å²) in [4.78, 5) is 27.3. The maximum Gasteiger partial charge on any atom is 0.250 e. The van der Waals surface area contributed by atoms with E-state index in [4.69, 9.17) is 15.2 Å². The number of anilines is 2. The van der Waals surface area contributed by atoms with E-state index in [1.165, 1.54) is 0 Å². The zero-order valence-corrected chi connectivity index (χ0v) is 23.2. The summed E-state index contributed by atoms with van der Waals surface area (Å²) < 4.78 is 13.5. The van der Waals surface area contributed by atoms with Crippen LogP contribution >= 0.6 is 0 Å².